The largest absolute Gasteiger partial charge is 0.487 e. The lowest BCUT2D eigenvalue weighted by Gasteiger charge is -2.34. The summed E-state index contributed by atoms with van der Waals surface area (Å²) >= 11 is 0. The van der Waals surface area contributed by atoms with Crippen molar-refractivity contribution in [3.63, 3.8) is 0 Å². The molecule has 0 bridgehead atoms. The third-order valence-electron chi connectivity index (χ3n) is 4.11. The van der Waals surface area contributed by atoms with Gasteiger partial charge in [-0.1, -0.05) is 5.16 Å². The van der Waals surface area contributed by atoms with E-state index in [-0.39, 0.29) is 17.9 Å². The Bertz CT molecular complexity index is 669. The molecule has 3 rings (SSSR count). The van der Waals surface area contributed by atoms with Gasteiger partial charge >= 0.3 is 0 Å². The zero-order valence-corrected chi connectivity index (χ0v) is 13.1. The molecule has 1 aromatic carbocycles. The van der Waals surface area contributed by atoms with Crippen molar-refractivity contribution in [2.45, 2.75) is 38.8 Å². The second-order valence-corrected chi connectivity index (χ2v) is 5.78. The lowest BCUT2D eigenvalue weighted by atomic mass is 10.1. The zero-order valence-electron chi connectivity index (χ0n) is 13.1. The Balaban J connectivity index is 1.56. The minimum Gasteiger partial charge on any atom is -0.487 e. The van der Waals surface area contributed by atoms with Crippen LogP contribution in [0.15, 0.2) is 22.7 Å². The van der Waals surface area contributed by atoms with Gasteiger partial charge in [-0.2, -0.15) is 4.98 Å². The van der Waals surface area contributed by atoms with Gasteiger partial charge in [-0.25, -0.2) is 8.78 Å². The molecule has 1 aliphatic rings. The van der Waals surface area contributed by atoms with Gasteiger partial charge in [0.2, 0.25) is 5.89 Å². The van der Waals surface area contributed by atoms with Crippen molar-refractivity contribution < 1.29 is 18.0 Å². The molecule has 0 saturated carbocycles. The van der Waals surface area contributed by atoms with Gasteiger partial charge in [0.1, 0.15) is 11.9 Å². The molecule has 1 fully saturated rings. The summed E-state index contributed by atoms with van der Waals surface area (Å²) in [7, 11) is 0. The van der Waals surface area contributed by atoms with Crippen LogP contribution in [0.4, 0.5) is 8.78 Å². The third kappa shape index (κ3) is 3.67. The minimum absolute atomic E-state index is 0.0414. The first-order valence-corrected chi connectivity index (χ1v) is 7.69. The zero-order chi connectivity index (χ0) is 16.4. The molecule has 1 unspecified atom stereocenters. The molecule has 1 saturated heterocycles. The van der Waals surface area contributed by atoms with Gasteiger partial charge in [0.25, 0.3) is 0 Å². The van der Waals surface area contributed by atoms with Crippen LogP contribution in [0.25, 0.3) is 0 Å². The predicted octanol–water partition coefficient (Wildman–Crippen LogP) is 3.26. The Morgan fingerprint density at radius 1 is 1.30 bits per heavy atom. The van der Waals surface area contributed by atoms with Gasteiger partial charge in [0.15, 0.2) is 17.4 Å². The van der Waals surface area contributed by atoms with E-state index < -0.39 is 11.6 Å². The van der Waals surface area contributed by atoms with E-state index >= 15 is 0 Å². The quantitative estimate of drug-likeness (QED) is 0.864. The van der Waals surface area contributed by atoms with Crippen molar-refractivity contribution in [3.8, 4) is 5.75 Å². The maximum absolute atomic E-state index is 13.6. The van der Waals surface area contributed by atoms with Crippen molar-refractivity contribution >= 4 is 0 Å². The van der Waals surface area contributed by atoms with Crippen LogP contribution >= 0.6 is 0 Å². The van der Waals surface area contributed by atoms with Crippen LogP contribution in [0.3, 0.4) is 0 Å². The molecule has 0 N–H and O–H groups in total. The van der Waals surface area contributed by atoms with E-state index in [2.05, 4.69) is 15.0 Å². The van der Waals surface area contributed by atoms with Crippen molar-refractivity contribution in [2.24, 2.45) is 0 Å². The topological polar surface area (TPSA) is 51.4 Å². The van der Waals surface area contributed by atoms with E-state index in [1.165, 1.54) is 12.1 Å². The molecular formula is C16H19F2N3O2. The van der Waals surface area contributed by atoms with Crippen LogP contribution in [0.5, 0.6) is 5.75 Å². The van der Waals surface area contributed by atoms with Crippen molar-refractivity contribution in [2.75, 3.05) is 13.1 Å². The summed E-state index contributed by atoms with van der Waals surface area (Å²) in [6.07, 6.45) is 1.44. The number of aromatic nitrogens is 2. The Morgan fingerprint density at radius 3 is 2.65 bits per heavy atom. The van der Waals surface area contributed by atoms with Gasteiger partial charge in [0.05, 0.1) is 6.04 Å². The first-order valence-electron chi connectivity index (χ1n) is 7.69. The van der Waals surface area contributed by atoms with E-state index in [9.17, 15) is 8.78 Å². The second kappa shape index (κ2) is 6.62. The molecule has 1 aromatic heterocycles. The molecule has 23 heavy (non-hydrogen) atoms. The number of ether oxygens (including phenoxy) is 1. The Labute approximate surface area is 133 Å². The summed E-state index contributed by atoms with van der Waals surface area (Å²) in [6.45, 7) is 5.39. The number of likely N-dealkylation sites (tertiary alicyclic amines) is 1. The summed E-state index contributed by atoms with van der Waals surface area (Å²) in [5.74, 6) is 0.0594. The number of piperidine rings is 1. The van der Waals surface area contributed by atoms with Crippen LogP contribution in [0, 0.1) is 18.6 Å². The number of halogens is 2. The van der Waals surface area contributed by atoms with Gasteiger partial charge in [-0.3, -0.25) is 4.90 Å². The maximum Gasteiger partial charge on any atom is 0.243 e. The summed E-state index contributed by atoms with van der Waals surface area (Å²) in [6, 6.07) is 3.42. The fourth-order valence-electron chi connectivity index (χ4n) is 2.77. The fraction of sp³-hybridized carbons (Fsp3) is 0.500. The minimum atomic E-state index is -0.665. The molecule has 0 aliphatic carbocycles. The van der Waals surface area contributed by atoms with Gasteiger partial charge in [0, 0.05) is 19.2 Å². The number of hydrogen-bond acceptors (Lipinski definition) is 5. The third-order valence-corrected chi connectivity index (χ3v) is 4.11. The first kappa shape index (κ1) is 15.9. The van der Waals surface area contributed by atoms with Crippen molar-refractivity contribution in [3.05, 3.63) is 41.5 Å². The van der Waals surface area contributed by atoms with E-state index in [1.807, 2.05) is 6.92 Å². The number of rotatable bonds is 4. The molecule has 124 valence electrons. The smallest absolute Gasteiger partial charge is 0.243 e. The normalized spacial score (nSPS) is 18.1. The van der Waals surface area contributed by atoms with Crippen LogP contribution < -0.4 is 4.74 Å². The van der Waals surface area contributed by atoms with Crippen LogP contribution in [0.1, 0.15) is 37.5 Å². The van der Waals surface area contributed by atoms with E-state index in [0.717, 1.165) is 32.0 Å². The summed E-state index contributed by atoms with van der Waals surface area (Å²) in [4.78, 5) is 6.49. The molecule has 1 aliphatic heterocycles. The molecular weight excluding hydrogens is 304 g/mol. The number of hydrogen-bond donors (Lipinski definition) is 0. The van der Waals surface area contributed by atoms with E-state index in [1.54, 1.807) is 6.92 Å². The second-order valence-electron chi connectivity index (χ2n) is 5.78. The molecule has 0 radical (unpaired) electrons. The summed E-state index contributed by atoms with van der Waals surface area (Å²) in [5.41, 5.74) is 0. The molecule has 5 nitrogen and oxygen atoms in total. The van der Waals surface area contributed by atoms with Gasteiger partial charge in [-0.05, 0) is 38.8 Å². The molecule has 7 heteroatoms. The number of aryl methyl sites for hydroxylation is 1. The van der Waals surface area contributed by atoms with E-state index in [0.29, 0.717) is 11.7 Å². The molecule has 1 atom stereocenters. The molecule has 2 heterocycles. The first-order chi connectivity index (χ1) is 11.0. The van der Waals surface area contributed by atoms with E-state index in [4.69, 9.17) is 9.26 Å². The highest BCUT2D eigenvalue weighted by atomic mass is 19.1. The highest BCUT2D eigenvalue weighted by Crippen LogP contribution is 2.26. The molecule has 0 spiro atoms. The Kier molecular flexibility index (Phi) is 4.56. The number of nitrogens with zero attached hydrogens (tertiary/aromatic N) is 3. The Morgan fingerprint density at radius 2 is 2.04 bits per heavy atom. The van der Waals surface area contributed by atoms with Crippen LogP contribution in [-0.2, 0) is 0 Å². The highest BCUT2D eigenvalue weighted by molar-refractivity contribution is 5.25. The van der Waals surface area contributed by atoms with Crippen LogP contribution in [-0.4, -0.2) is 34.2 Å². The summed E-state index contributed by atoms with van der Waals surface area (Å²) < 4.78 is 37.4. The fourth-order valence-corrected chi connectivity index (χ4v) is 2.77. The number of benzene rings is 1. The van der Waals surface area contributed by atoms with Gasteiger partial charge in [-0.15, -0.1) is 0 Å². The maximum atomic E-state index is 13.6. The Hall–Kier alpha value is -2.02. The lowest BCUT2D eigenvalue weighted by Crippen LogP contribution is -2.39. The highest BCUT2D eigenvalue weighted by Gasteiger charge is 2.27. The summed E-state index contributed by atoms with van der Waals surface area (Å²) in [5, 5.41) is 3.81. The SMILES string of the molecule is Cc1noc(C(C)N2CCC(Oc3ccc(F)cc3F)CC2)n1. The standard InChI is InChI=1S/C16H19F2N3O2/c1-10(16-19-11(2)20-23-16)21-7-5-13(6-8-21)22-15-4-3-12(17)9-14(15)18/h3-4,9-10,13H,5-8H2,1-2H3. The van der Waals surface area contributed by atoms with Crippen LogP contribution in [0.2, 0.25) is 0 Å². The monoisotopic (exact) mass is 323 g/mol. The van der Waals surface area contributed by atoms with Crippen molar-refractivity contribution in [1.29, 1.82) is 0 Å². The van der Waals surface area contributed by atoms with Gasteiger partial charge < -0.3 is 9.26 Å². The predicted molar refractivity (Wildman–Crippen MR) is 79.0 cm³/mol. The average Bonchev–Trinajstić information content (AvgIpc) is 2.97. The molecule has 0 amide bonds. The molecule has 2 aromatic rings. The average molecular weight is 323 g/mol. The van der Waals surface area contributed by atoms with Crippen molar-refractivity contribution in [1.82, 2.24) is 15.0 Å². The lowest BCUT2D eigenvalue weighted by molar-refractivity contribution is 0.0678.